The van der Waals surface area contributed by atoms with Gasteiger partial charge in [-0.1, -0.05) is 36.6 Å². The third kappa shape index (κ3) is 4.00. The van der Waals surface area contributed by atoms with Gasteiger partial charge < -0.3 is 9.15 Å². The molecule has 0 aliphatic carbocycles. The first kappa shape index (κ1) is 13.9. The molecule has 1 heterocycles. The number of furan rings is 1. The molecule has 1 radical (unpaired) electrons. The van der Waals surface area contributed by atoms with Gasteiger partial charge >= 0.3 is 6.47 Å². The third-order valence-corrected chi connectivity index (χ3v) is 3.32. The topological polar surface area (TPSA) is 39.4 Å². The normalized spacial score (nSPS) is 10.8. The molecule has 2 aromatic rings. The van der Waals surface area contributed by atoms with E-state index in [1.54, 1.807) is 0 Å². The van der Waals surface area contributed by atoms with E-state index >= 15 is 0 Å². The fourth-order valence-electron chi connectivity index (χ4n) is 2.07. The first-order valence-electron chi connectivity index (χ1n) is 6.47. The van der Waals surface area contributed by atoms with Crippen LogP contribution in [0.25, 0.3) is 11.0 Å². The van der Waals surface area contributed by atoms with Crippen LogP contribution in [0.5, 0.6) is 0 Å². The maximum atomic E-state index is 9.82. The zero-order chi connectivity index (χ0) is 13.5. The van der Waals surface area contributed by atoms with Gasteiger partial charge in [-0.25, -0.2) is 4.79 Å². The second-order valence-electron chi connectivity index (χ2n) is 4.47. The van der Waals surface area contributed by atoms with Crippen LogP contribution in [-0.2, 0) is 16.0 Å². The number of fused-ring (bicyclic) bond motifs is 1. The Morgan fingerprint density at radius 1 is 1.21 bits per heavy atom. The van der Waals surface area contributed by atoms with Gasteiger partial charge in [0.1, 0.15) is 5.76 Å². The molecule has 0 bridgehead atoms. The van der Waals surface area contributed by atoms with Crippen molar-refractivity contribution in [1.29, 1.82) is 0 Å². The van der Waals surface area contributed by atoms with E-state index < -0.39 is 0 Å². The van der Waals surface area contributed by atoms with Crippen LogP contribution in [0.4, 0.5) is 0 Å². The molecule has 0 saturated carbocycles. The molecular weight excluding hydrogens is 264 g/mol. The number of benzene rings is 1. The van der Waals surface area contributed by atoms with E-state index in [1.165, 1.54) is 6.47 Å². The van der Waals surface area contributed by atoms with E-state index in [1.807, 2.05) is 24.3 Å². The van der Waals surface area contributed by atoms with Crippen molar-refractivity contribution in [3.63, 3.8) is 0 Å². The zero-order valence-corrected chi connectivity index (χ0v) is 11.4. The maximum absolute atomic E-state index is 9.82. The minimum absolute atomic E-state index is 0.462. The summed E-state index contributed by atoms with van der Waals surface area (Å²) in [5, 5.41) is 1.71. The molecule has 3 nitrogen and oxygen atoms in total. The predicted octanol–water partition coefficient (Wildman–Crippen LogP) is 4.27. The summed E-state index contributed by atoms with van der Waals surface area (Å²) in [6.45, 7) is 1.89. The number of aryl methyl sites for hydroxylation is 1. The van der Waals surface area contributed by atoms with Crippen LogP contribution in [-0.4, -0.2) is 13.1 Å². The highest BCUT2D eigenvalue weighted by atomic mass is 35.5. The van der Waals surface area contributed by atoms with Crippen LogP contribution in [0.1, 0.15) is 31.4 Å². The fourth-order valence-corrected chi connectivity index (χ4v) is 2.29. The molecule has 0 amide bonds. The average molecular weight is 280 g/mol. The summed E-state index contributed by atoms with van der Waals surface area (Å²) in [4.78, 5) is 9.82. The van der Waals surface area contributed by atoms with Gasteiger partial charge in [0.05, 0.1) is 11.6 Å². The van der Waals surface area contributed by atoms with Crippen molar-refractivity contribution in [3.8, 4) is 0 Å². The van der Waals surface area contributed by atoms with Gasteiger partial charge in [-0.05, 0) is 25.0 Å². The molecule has 0 fully saturated rings. The molecule has 0 aliphatic rings. The zero-order valence-electron chi connectivity index (χ0n) is 10.7. The van der Waals surface area contributed by atoms with Gasteiger partial charge in [0, 0.05) is 11.8 Å². The van der Waals surface area contributed by atoms with Crippen LogP contribution in [0.3, 0.4) is 0 Å². The van der Waals surface area contributed by atoms with Gasteiger partial charge in [-0.2, -0.15) is 0 Å². The number of para-hydroxylation sites is 1. The molecule has 101 valence electrons. The summed E-state index contributed by atoms with van der Waals surface area (Å²) >= 11 is 6.06. The Hall–Kier alpha value is -1.48. The maximum Gasteiger partial charge on any atom is 0.417 e. The van der Waals surface area contributed by atoms with Crippen molar-refractivity contribution in [1.82, 2.24) is 0 Å². The van der Waals surface area contributed by atoms with Crippen LogP contribution in [0, 0.1) is 0 Å². The summed E-state index contributed by atoms with van der Waals surface area (Å²) in [5.74, 6) is 0.973. The van der Waals surface area contributed by atoms with Crippen LogP contribution < -0.4 is 0 Å². The SMILES string of the molecule is O=[C]OCCCCCCc1cc2cccc(Cl)c2o1. The van der Waals surface area contributed by atoms with Gasteiger partial charge in [0.25, 0.3) is 0 Å². The highest BCUT2D eigenvalue weighted by Gasteiger charge is 2.06. The second kappa shape index (κ2) is 7.19. The van der Waals surface area contributed by atoms with Gasteiger partial charge in [0.15, 0.2) is 5.58 Å². The summed E-state index contributed by atoms with van der Waals surface area (Å²) in [6, 6.07) is 7.81. The summed E-state index contributed by atoms with van der Waals surface area (Å²) < 4.78 is 10.2. The Morgan fingerprint density at radius 2 is 2.05 bits per heavy atom. The molecule has 1 aromatic heterocycles. The van der Waals surface area contributed by atoms with E-state index in [0.717, 1.165) is 48.8 Å². The lowest BCUT2D eigenvalue weighted by molar-refractivity contribution is 0.268. The molecule has 0 atom stereocenters. The van der Waals surface area contributed by atoms with Crippen molar-refractivity contribution < 1.29 is 13.9 Å². The lowest BCUT2D eigenvalue weighted by Crippen LogP contribution is -1.91. The van der Waals surface area contributed by atoms with Crippen molar-refractivity contribution in [2.75, 3.05) is 6.61 Å². The van der Waals surface area contributed by atoms with E-state index in [4.69, 9.17) is 16.0 Å². The molecule has 1 aromatic carbocycles. The predicted molar refractivity (Wildman–Crippen MR) is 75.0 cm³/mol. The molecule has 2 rings (SSSR count). The van der Waals surface area contributed by atoms with Crippen LogP contribution in [0.15, 0.2) is 28.7 Å². The number of rotatable bonds is 8. The Bertz CT molecular complexity index is 533. The number of ether oxygens (including phenoxy) is 1. The largest absolute Gasteiger partial charge is 0.460 e. The summed E-state index contributed by atoms with van der Waals surface area (Å²) in [6.07, 6.45) is 4.99. The second-order valence-corrected chi connectivity index (χ2v) is 4.87. The highest BCUT2D eigenvalue weighted by Crippen LogP contribution is 2.27. The first-order valence-corrected chi connectivity index (χ1v) is 6.85. The Labute approximate surface area is 117 Å². The quantitative estimate of drug-likeness (QED) is 0.677. The lowest BCUT2D eigenvalue weighted by atomic mass is 10.1. The number of hydrogen-bond donors (Lipinski definition) is 0. The molecule has 4 heteroatoms. The van der Waals surface area contributed by atoms with Crippen LogP contribution in [0.2, 0.25) is 5.02 Å². The van der Waals surface area contributed by atoms with Crippen molar-refractivity contribution in [2.24, 2.45) is 0 Å². The van der Waals surface area contributed by atoms with E-state index in [0.29, 0.717) is 11.6 Å². The van der Waals surface area contributed by atoms with Gasteiger partial charge in [-0.3, -0.25) is 0 Å². The molecule has 19 heavy (non-hydrogen) atoms. The molecule has 0 unspecified atom stereocenters. The van der Waals surface area contributed by atoms with Gasteiger partial charge in [-0.15, -0.1) is 0 Å². The highest BCUT2D eigenvalue weighted by molar-refractivity contribution is 6.34. The van der Waals surface area contributed by atoms with Crippen molar-refractivity contribution in [3.05, 3.63) is 35.0 Å². The fraction of sp³-hybridized carbons (Fsp3) is 0.400. The summed E-state index contributed by atoms with van der Waals surface area (Å²) in [7, 11) is 0. The molecule has 0 N–H and O–H groups in total. The smallest absolute Gasteiger partial charge is 0.417 e. The summed E-state index contributed by atoms with van der Waals surface area (Å²) in [5.41, 5.74) is 0.772. The standard InChI is InChI=1S/C15H16ClO3/c16-14-8-5-6-12-10-13(19-15(12)14)7-3-1-2-4-9-18-11-17/h5-6,8,10H,1-4,7,9H2. The van der Waals surface area contributed by atoms with E-state index in [9.17, 15) is 4.79 Å². The molecular formula is C15H16ClO3. The minimum atomic E-state index is 0.462. The average Bonchev–Trinajstić information content (AvgIpc) is 2.82. The van der Waals surface area contributed by atoms with Crippen molar-refractivity contribution in [2.45, 2.75) is 32.1 Å². The number of carbonyl (C=O) groups excluding carboxylic acids is 1. The Balaban J connectivity index is 1.76. The first-order chi connectivity index (χ1) is 9.31. The van der Waals surface area contributed by atoms with Crippen molar-refractivity contribution >= 4 is 29.0 Å². The third-order valence-electron chi connectivity index (χ3n) is 3.03. The molecule has 0 saturated heterocycles. The number of unbranched alkanes of at least 4 members (excludes halogenated alkanes) is 3. The lowest BCUT2D eigenvalue weighted by Gasteiger charge is -1.99. The molecule has 0 spiro atoms. The Kier molecular flexibility index (Phi) is 5.28. The number of halogens is 1. The van der Waals surface area contributed by atoms with E-state index in [-0.39, 0.29) is 0 Å². The van der Waals surface area contributed by atoms with Gasteiger partial charge in [0.2, 0.25) is 0 Å². The molecule has 0 aliphatic heterocycles. The minimum Gasteiger partial charge on any atom is -0.460 e. The van der Waals surface area contributed by atoms with Crippen LogP contribution >= 0.6 is 11.6 Å². The Morgan fingerprint density at radius 3 is 2.84 bits per heavy atom. The number of hydrogen-bond acceptors (Lipinski definition) is 3. The van der Waals surface area contributed by atoms with E-state index in [2.05, 4.69) is 4.74 Å². The monoisotopic (exact) mass is 279 g/mol.